The SMILES string of the molecule is O=S(=O)(NCc1ccc(Cn2cncn2)cc1)c1ccc(Cl)cc1F. The number of rotatable bonds is 6. The van der Waals surface area contributed by atoms with Crippen LogP contribution in [0.25, 0.3) is 0 Å². The van der Waals surface area contributed by atoms with Gasteiger partial charge in [-0.3, -0.25) is 0 Å². The number of sulfonamides is 1. The van der Waals surface area contributed by atoms with E-state index in [1.807, 2.05) is 12.1 Å². The Morgan fingerprint density at radius 2 is 1.84 bits per heavy atom. The van der Waals surface area contributed by atoms with Crippen molar-refractivity contribution in [2.24, 2.45) is 0 Å². The molecule has 0 radical (unpaired) electrons. The van der Waals surface area contributed by atoms with E-state index in [1.165, 1.54) is 12.4 Å². The summed E-state index contributed by atoms with van der Waals surface area (Å²) in [6.45, 7) is 0.621. The highest BCUT2D eigenvalue weighted by Crippen LogP contribution is 2.19. The number of benzene rings is 2. The maximum atomic E-state index is 13.8. The molecule has 0 bridgehead atoms. The van der Waals surface area contributed by atoms with Crippen LogP contribution in [-0.4, -0.2) is 23.2 Å². The summed E-state index contributed by atoms with van der Waals surface area (Å²) in [5, 5.41) is 4.16. The molecule has 3 rings (SSSR count). The molecule has 3 aromatic rings. The van der Waals surface area contributed by atoms with Crippen LogP contribution in [-0.2, 0) is 23.1 Å². The number of nitrogens with one attached hydrogen (secondary N) is 1. The van der Waals surface area contributed by atoms with Crippen LogP contribution >= 0.6 is 11.6 Å². The van der Waals surface area contributed by atoms with Crippen molar-refractivity contribution in [2.75, 3.05) is 0 Å². The Hall–Kier alpha value is -2.29. The molecule has 0 saturated carbocycles. The fourth-order valence-electron chi connectivity index (χ4n) is 2.21. The Morgan fingerprint density at radius 3 is 2.48 bits per heavy atom. The molecule has 1 N–H and O–H groups in total. The molecule has 0 aliphatic rings. The molecule has 130 valence electrons. The first kappa shape index (κ1) is 17.5. The Morgan fingerprint density at radius 1 is 1.12 bits per heavy atom. The van der Waals surface area contributed by atoms with Gasteiger partial charge in [-0.1, -0.05) is 35.9 Å². The molecule has 6 nitrogen and oxygen atoms in total. The lowest BCUT2D eigenvalue weighted by atomic mass is 10.1. The van der Waals surface area contributed by atoms with Crippen LogP contribution in [0.15, 0.2) is 60.0 Å². The van der Waals surface area contributed by atoms with Crippen LogP contribution in [0.4, 0.5) is 4.39 Å². The molecule has 1 aromatic heterocycles. The number of halogens is 2. The van der Waals surface area contributed by atoms with E-state index in [9.17, 15) is 12.8 Å². The summed E-state index contributed by atoms with van der Waals surface area (Å²) in [6.07, 6.45) is 3.07. The molecule has 0 saturated heterocycles. The highest BCUT2D eigenvalue weighted by molar-refractivity contribution is 7.89. The van der Waals surface area contributed by atoms with Crippen LogP contribution in [0.3, 0.4) is 0 Å². The predicted molar refractivity (Wildman–Crippen MR) is 91.0 cm³/mol. The molecule has 2 aromatic carbocycles. The molecule has 0 amide bonds. The van der Waals surface area contributed by atoms with Crippen molar-refractivity contribution in [1.82, 2.24) is 19.5 Å². The van der Waals surface area contributed by atoms with E-state index in [0.717, 1.165) is 23.3 Å². The van der Waals surface area contributed by atoms with Gasteiger partial charge in [0.1, 0.15) is 23.4 Å². The first-order valence-corrected chi connectivity index (χ1v) is 9.15. The van der Waals surface area contributed by atoms with Gasteiger partial charge in [-0.25, -0.2) is 27.2 Å². The second-order valence-electron chi connectivity index (χ2n) is 5.31. The van der Waals surface area contributed by atoms with Gasteiger partial charge in [-0.15, -0.1) is 0 Å². The number of hydrogen-bond donors (Lipinski definition) is 1. The van der Waals surface area contributed by atoms with Gasteiger partial charge in [0.2, 0.25) is 10.0 Å². The molecule has 0 aliphatic carbocycles. The molecular formula is C16H14ClFN4O2S. The van der Waals surface area contributed by atoms with Crippen molar-refractivity contribution < 1.29 is 12.8 Å². The summed E-state index contributed by atoms with van der Waals surface area (Å²) < 4.78 is 42.3. The van der Waals surface area contributed by atoms with E-state index in [4.69, 9.17) is 11.6 Å². The Labute approximate surface area is 149 Å². The average Bonchev–Trinajstić information content (AvgIpc) is 3.07. The lowest BCUT2D eigenvalue weighted by Gasteiger charge is -2.09. The number of nitrogens with zero attached hydrogens (tertiary/aromatic N) is 3. The lowest BCUT2D eigenvalue weighted by molar-refractivity contribution is 0.557. The summed E-state index contributed by atoms with van der Waals surface area (Å²) in [7, 11) is -3.96. The Kier molecular flexibility index (Phi) is 5.12. The van der Waals surface area contributed by atoms with Gasteiger partial charge in [0, 0.05) is 11.6 Å². The van der Waals surface area contributed by atoms with Gasteiger partial charge in [-0.05, 0) is 29.3 Å². The van der Waals surface area contributed by atoms with Crippen LogP contribution < -0.4 is 4.72 Å². The zero-order valence-corrected chi connectivity index (χ0v) is 14.5. The van der Waals surface area contributed by atoms with E-state index in [-0.39, 0.29) is 11.6 Å². The second kappa shape index (κ2) is 7.30. The van der Waals surface area contributed by atoms with E-state index in [1.54, 1.807) is 23.1 Å². The maximum absolute atomic E-state index is 13.8. The number of hydrogen-bond acceptors (Lipinski definition) is 4. The first-order chi connectivity index (χ1) is 11.9. The zero-order chi connectivity index (χ0) is 17.9. The second-order valence-corrected chi connectivity index (χ2v) is 7.48. The van der Waals surface area contributed by atoms with Gasteiger partial charge in [0.05, 0.1) is 6.54 Å². The minimum atomic E-state index is -3.96. The molecule has 0 atom stereocenters. The van der Waals surface area contributed by atoms with Crippen molar-refractivity contribution in [3.05, 3.63) is 77.1 Å². The molecular weight excluding hydrogens is 367 g/mol. The molecule has 9 heteroatoms. The van der Waals surface area contributed by atoms with Crippen LogP contribution in [0.2, 0.25) is 5.02 Å². The van der Waals surface area contributed by atoms with Crippen molar-refractivity contribution in [1.29, 1.82) is 0 Å². The monoisotopic (exact) mass is 380 g/mol. The maximum Gasteiger partial charge on any atom is 0.243 e. The van der Waals surface area contributed by atoms with Crippen molar-refractivity contribution in [3.63, 3.8) is 0 Å². The summed E-state index contributed by atoms with van der Waals surface area (Å²) in [5.41, 5.74) is 1.75. The van der Waals surface area contributed by atoms with Crippen molar-refractivity contribution in [2.45, 2.75) is 18.0 Å². The first-order valence-electron chi connectivity index (χ1n) is 7.29. The Balaban J connectivity index is 1.66. The predicted octanol–water partition coefficient (Wildman–Crippen LogP) is 2.60. The van der Waals surface area contributed by atoms with Gasteiger partial charge in [0.15, 0.2) is 0 Å². The quantitative estimate of drug-likeness (QED) is 0.713. The fraction of sp³-hybridized carbons (Fsp3) is 0.125. The van der Waals surface area contributed by atoms with Gasteiger partial charge < -0.3 is 0 Å². The zero-order valence-electron chi connectivity index (χ0n) is 12.9. The average molecular weight is 381 g/mol. The lowest BCUT2D eigenvalue weighted by Crippen LogP contribution is -2.24. The normalized spacial score (nSPS) is 11.6. The molecule has 0 unspecified atom stereocenters. The minimum absolute atomic E-state index is 0.0496. The van der Waals surface area contributed by atoms with E-state index in [2.05, 4.69) is 14.8 Å². The van der Waals surface area contributed by atoms with Crippen LogP contribution in [0.5, 0.6) is 0 Å². The smallest absolute Gasteiger partial charge is 0.243 e. The third-order valence-electron chi connectivity index (χ3n) is 3.48. The summed E-state index contributed by atoms with van der Waals surface area (Å²) >= 11 is 5.64. The largest absolute Gasteiger partial charge is 0.249 e. The van der Waals surface area contributed by atoms with Gasteiger partial charge >= 0.3 is 0 Å². The number of aromatic nitrogens is 3. The minimum Gasteiger partial charge on any atom is -0.249 e. The molecule has 0 spiro atoms. The highest BCUT2D eigenvalue weighted by Gasteiger charge is 2.18. The summed E-state index contributed by atoms with van der Waals surface area (Å²) in [4.78, 5) is 3.44. The van der Waals surface area contributed by atoms with E-state index < -0.39 is 20.7 Å². The highest BCUT2D eigenvalue weighted by atomic mass is 35.5. The Bertz CT molecular complexity index is 960. The van der Waals surface area contributed by atoms with E-state index >= 15 is 0 Å². The standard InChI is InChI=1S/C16H14ClFN4O2S/c17-14-5-6-16(15(18)7-14)25(23,24)21-8-12-1-3-13(4-2-12)9-22-11-19-10-20-22/h1-7,10-11,21H,8-9H2. The molecule has 25 heavy (non-hydrogen) atoms. The van der Waals surface area contributed by atoms with Gasteiger partial charge in [-0.2, -0.15) is 5.10 Å². The molecule has 1 heterocycles. The molecule has 0 fully saturated rings. The van der Waals surface area contributed by atoms with Gasteiger partial charge in [0.25, 0.3) is 0 Å². The summed E-state index contributed by atoms with van der Waals surface area (Å²) in [6, 6.07) is 10.8. The third-order valence-corrected chi connectivity index (χ3v) is 5.15. The van der Waals surface area contributed by atoms with Crippen LogP contribution in [0.1, 0.15) is 11.1 Å². The third kappa shape index (κ3) is 4.41. The fourth-order valence-corrected chi connectivity index (χ4v) is 3.45. The topological polar surface area (TPSA) is 76.9 Å². The van der Waals surface area contributed by atoms with Crippen molar-refractivity contribution >= 4 is 21.6 Å². The van der Waals surface area contributed by atoms with Crippen molar-refractivity contribution in [3.8, 4) is 0 Å². The molecule has 0 aliphatic heterocycles. The summed E-state index contributed by atoms with van der Waals surface area (Å²) in [5.74, 6) is -0.886. The van der Waals surface area contributed by atoms with Crippen LogP contribution in [0, 0.1) is 5.82 Å². The van der Waals surface area contributed by atoms with E-state index in [0.29, 0.717) is 6.54 Å².